The first-order chi connectivity index (χ1) is 9.69. The van der Waals surface area contributed by atoms with Crippen LogP contribution in [0.25, 0.3) is 11.0 Å². The van der Waals surface area contributed by atoms with E-state index in [1.54, 1.807) is 0 Å². The van der Waals surface area contributed by atoms with E-state index in [0.717, 1.165) is 34.3 Å². The van der Waals surface area contributed by atoms with E-state index in [-0.39, 0.29) is 0 Å². The number of para-hydroxylation sites is 1. The highest BCUT2D eigenvalue weighted by Crippen LogP contribution is 2.30. The average molecular weight is 290 g/mol. The third kappa shape index (κ3) is 2.27. The van der Waals surface area contributed by atoms with E-state index >= 15 is 0 Å². The summed E-state index contributed by atoms with van der Waals surface area (Å²) in [5.41, 5.74) is 3.89. The van der Waals surface area contributed by atoms with E-state index < -0.39 is 0 Å². The number of hydrogen-bond acceptors (Lipinski definition) is 3. The van der Waals surface area contributed by atoms with Crippen LogP contribution in [0, 0.1) is 0 Å². The number of nitrogens with one attached hydrogen (secondary N) is 1. The number of rotatable bonds is 4. The van der Waals surface area contributed by atoms with Crippen molar-refractivity contribution in [3.05, 3.63) is 46.9 Å². The second kappa shape index (κ2) is 5.21. The van der Waals surface area contributed by atoms with Gasteiger partial charge in [-0.2, -0.15) is 5.10 Å². The Labute approximate surface area is 122 Å². The second-order valence-corrected chi connectivity index (χ2v) is 5.06. The van der Waals surface area contributed by atoms with Crippen LogP contribution in [0.4, 0.5) is 5.69 Å². The van der Waals surface area contributed by atoms with Crippen LogP contribution in [-0.2, 0) is 20.0 Å². The smallest absolute Gasteiger partial charge is 0.199 e. The largest absolute Gasteiger partial charge is 0.444 e. The van der Waals surface area contributed by atoms with Crippen molar-refractivity contribution in [2.45, 2.75) is 19.9 Å². The molecule has 2 aromatic heterocycles. The fraction of sp³-hybridized carbons (Fsp3) is 0.267. The lowest BCUT2D eigenvalue weighted by Gasteiger charge is -2.04. The van der Waals surface area contributed by atoms with Gasteiger partial charge in [-0.3, -0.25) is 4.68 Å². The number of hydrogen-bond donors (Lipinski definition) is 1. The topological polar surface area (TPSA) is 43.0 Å². The molecule has 0 aliphatic rings. The van der Waals surface area contributed by atoms with Gasteiger partial charge in [-0.1, -0.05) is 25.1 Å². The Morgan fingerprint density at radius 2 is 2.15 bits per heavy atom. The van der Waals surface area contributed by atoms with Gasteiger partial charge in [0.25, 0.3) is 0 Å². The summed E-state index contributed by atoms with van der Waals surface area (Å²) in [5.74, 6) is 0. The molecule has 1 aromatic carbocycles. The normalized spacial score (nSPS) is 11.2. The van der Waals surface area contributed by atoms with Gasteiger partial charge in [-0.25, -0.2) is 0 Å². The zero-order chi connectivity index (χ0) is 14.1. The first-order valence-electron chi connectivity index (χ1n) is 6.61. The van der Waals surface area contributed by atoms with E-state index in [1.807, 2.05) is 42.2 Å². The van der Waals surface area contributed by atoms with E-state index in [9.17, 15) is 0 Å². The number of fused-ring (bicyclic) bond motifs is 1. The van der Waals surface area contributed by atoms with Gasteiger partial charge in [0.2, 0.25) is 0 Å². The molecule has 20 heavy (non-hydrogen) atoms. The third-order valence-corrected chi connectivity index (χ3v) is 3.65. The summed E-state index contributed by atoms with van der Waals surface area (Å²) >= 11 is 6.19. The molecule has 0 radical (unpaired) electrons. The predicted octanol–water partition coefficient (Wildman–Crippen LogP) is 3.99. The van der Waals surface area contributed by atoms with E-state index in [1.165, 1.54) is 0 Å². The summed E-state index contributed by atoms with van der Waals surface area (Å²) in [7, 11) is 1.92. The average Bonchev–Trinajstić information content (AvgIpc) is 2.95. The molecule has 0 saturated heterocycles. The molecule has 0 amide bonds. The van der Waals surface area contributed by atoms with Gasteiger partial charge in [0.15, 0.2) is 5.22 Å². The lowest BCUT2D eigenvalue weighted by molar-refractivity contribution is 0.613. The maximum absolute atomic E-state index is 6.19. The van der Waals surface area contributed by atoms with Crippen molar-refractivity contribution < 1.29 is 4.42 Å². The summed E-state index contributed by atoms with van der Waals surface area (Å²) in [6.07, 6.45) is 2.87. The van der Waals surface area contributed by atoms with Gasteiger partial charge >= 0.3 is 0 Å². The highest BCUT2D eigenvalue weighted by molar-refractivity contribution is 6.30. The minimum absolute atomic E-state index is 0.445. The lowest BCUT2D eigenvalue weighted by atomic mass is 10.2. The molecule has 0 bridgehead atoms. The van der Waals surface area contributed by atoms with Crippen LogP contribution in [0.2, 0.25) is 5.22 Å². The van der Waals surface area contributed by atoms with E-state index in [4.69, 9.17) is 16.0 Å². The zero-order valence-electron chi connectivity index (χ0n) is 11.5. The Morgan fingerprint density at radius 3 is 2.95 bits per heavy atom. The molecule has 0 atom stereocenters. The molecule has 1 N–H and O–H groups in total. The quantitative estimate of drug-likeness (QED) is 0.789. The highest BCUT2D eigenvalue weighted by Gasteiger charge is 2.13. The van der Waals surface area contributed by atoms with Gasteiger partial charge in [0.05, 0.1) is 11.4 Å². The monoisotopic (exact) mass is 289 g/mol. The molecule has 0 aliphatic carbocycles. The number of anilines is 1. The molecular formula is C15H16ClN3O. The molecule has 0 unspecified atom stereocenters. The van der Waals surface area contributed by atoms with Gasteiger partial charge in [0, 0.05) is 30.7 Å². The third-order valence-electron chi connectivity index (χ3n) is 3.34. The Morgan fingerprint density at radius 1 is 1.35 bits per heavy atom. The van der Waals surface area contributed by atoms with E-state index in [0.29, 0.717) is 11.8 Å². The van der Waals surface area contributed by atoms with Crippen LogP contribution in [0.15, 0.2) is 34.9 Å². The van der Waals surface area contributed by atoms with Crippen molar-refractivity contribution in [2.24, 2.45) is 7.05 Å². The van der Waals surface area contributed by atoms with Crippen molar-refractivity contribution in [1.29, 1.82) is 0 Å². The molecule has 2 heterocycles. The highest BCUT2D eigenvalue weighted by atomic mass is 35.5. The summed E-state index contributed by atoms with van der Waals surface area (Å²) in [6.45, 7) is 2.71. The molecule has 3 aromatic rings. The molecule has 5 heteroatoms. The maximum Gasteiger partial charge on any atom is 0.199 e. The Bertz CT molecular complexity index is 745. The van der Waals surface area contributed by atoms with Crippen molar-refractivity contribution in [1.82, 2.24) is 9.78 Å². The van der Waals surface area contributed by atoms with Crippen molar-refractivity contribution in [3.63, 3.8) is 0 Å². The SMILES string of the molecule is CCc1nn(C)cc1NCc1c(Cl)oc2ccccc12. The first kappa shape index (κ1) is 13.1. The van der Waals surface area contributed by atoms with Gasteiger partial charge in [-0.05, 0) is 24.1 Å². The number of benzene rings is 1. The Hall–Kier alpha value is -1.94. The number of aryl methyl sites for hydroxylation is 2. The summed E-state index contributed by atoms with van der Waals surface area (Å²) in [4.78, 5) is 0. The Balaban J connectivity index is 1.88. The van der Waals surface area contributed by atoms with Crippen LogP contribution in [-0.4, -0.2) is 9.78 Å². The molecule has 0 spiro atoms. The standard InChI is InChI=1S/C15H16ClN3O/c1-3-12-13(9-19(2)18-12)17-8-11-10-6-4-5-7-14(10)20-15(11)16/h4-7,9,17H,3,8H2,1-2H3. The van der Waals surface area contributed by atoms with Crippen LogP contribution in [0.3, 0.4) is 0 Å². The predicted molar refractivity (Wildman–Crippen MR) is 81.1 cm³/mol. The molecule has 0 fully saturated rings. The van der Waals surface area contributed by atoms with Gasteiger partial charge in [0.1, 0.15) is 5.58 Å². The number of aromatic nitrogens is 2. The van der Waals surface area contributed by atoms with Crippen molar-refractivity contribution >= 4 is 28.3 Å². The minimum Gasteiger partial charge on any atom is -0.444 e. The fourth-order valence-electron chi connectivity index (χ4n) is 2.36. The molecule has 0 saturated carbocycles. The van der Waals surface area contributed by atoms with Crippen LogP contribution in [0.1, 0.15) is 18.2 Å². The summed E-state index contributed by atoms with van der Waals surface area (Å²) in [5, 5.41) is 9.30. The number of furan rings is 1. The Kier molecular flexibility index (Phi) is 3.40. The van der Waals surface area contributed by atoms with Crippen LogP contribution < -0.4 is 5.32 Å². The molecule has 4 nitrogen and oxygen atoms in total. The lowest BCUT2D eigenvalue weighted by Crippen LogP contribution is -2.00. The van der Waals surface area contributed by atoms with E-state index in [2.05, 4.69) is 17.3 Å². The maximum atomic E-state index is 6.19. The van der Waals surface area contributed by atoms with Crippen molar-refractivity contribution in [2.75, 3.05) is 5.32 Å². The first-order valence-corrected chi connectivity index (χ1v) is 6.99. The zero-order valence-corrected chi connectivity index (χ0v) is 12.2. The molecule has 0 aliphatic heterocycles. The van der Waals surface area contributed by atoms with Crippen LogP contribution >= 0.6 is 11.6 Å². The summed E-state index contributed by atoms with van der Waals surface area (Å²) < 4.78 is 7.37. The molecular weight excluding hydrogens is 274 g/mol. The number of halogens is 1. The minimum atomic E-state index is 0.445. The van der Waals surface area contributed by atoms with Gasteiger partial charge in [-0.15, -0.1) is 0 Å². The summed E-state index contributed by atoms with van der Waals surface area (Å²) in [6, 6.07) is 7.87. The van der Waals surface area contributed by atoms with Crippen molar-refractivity contribution in [3.8, 4) is 0 Å². The molecule has 3 rings (SSSR count). The second-order valence-electron chi connectivity index (χ2n) is 4.72. The number of nitrogens with zero attached hydrogens (tertiary/aromatic N) is 2. The molecule has 104 valence electrons. The van der Waals surface area contributed by atoms with Crippen LogP contribution in [0.5, 0.6) is 0 Å². The fourth-order valence-corrected chi connectivity index (χ4v) is 2.61. The van der Waals surface area contributed by atoms with Gasteiger partial charge < -0.3 is 9.73 Å².